The van der Waals surface area contributed by atoms with Gasteiger partial charge in [-0.2, -0.15) is 8.78 Å². The first kappa shape index (κ1) is 17.0. The molecule has 0 saturated carbocycles. The van der Waals surface area contributed by atoms with Crippen LogP contribution in [0.2, 0.25) is 0 Å². The summed E-state index contributed by atoms with van der Waals surface area (Å²) in [6.45, 7) is 4.10. The third kappa shape index (κ3) is 4.82. The predicted molar refractivity (Wildman–Crippen MR) is 68.7 cm³/mol. The molecular formula is C12H16F4N2OS. The zero-order valence-corrected chi connectivity index (χ0v) is 12.2. The summed E-state index contributed by atoms with van der Waals surface area (Å²) in [7, 11) is 0. The minimum atomic E-state index is -4.17. The van der Waals surface area contributed by atoms with Crippen molar-refractivity contribution in [3.63, 3.8) is 0 Å². The largest absolute Gasteiger partial charge is 0.367 e. The van der Waals surface area contributed by atoms with Gasteiger partial charge in [-0.25, -0.2) is 13.8 Å². The molecule has 0 fully saturated rings. The molecule has 20 heavy (non-hydrogen) atoms. The van der Waals surface area contributed by atoms with E-state index in [1.54, 1.807) is 6.07 Å². The number of alkyl halides is 4. The van der Waals surface area contributed by atoms with Crippen LogP contribution >= 0.6 is 12.2 Å². The van der Waals surface area contributed by atoms with Gasteiger partial charge < -0.3 is 9.72 Å². The zero-order chi connectivity index (χ0) is 15.6. The van der Waals surface area contributed by atoms with Crippen molar-refractivity contribution >= 4 is 12.2 Å². The van der Waals surface area contributed by atoms with Gasteiger partial charge in [0.05, 0.1) is 0 Å². The standard InChI is InChI=1S/C12H16F4N2OS/c1-11(2,3)7-4-9(20)18-8(17-7)5-19-6-12(15,16)10(13)14/h4,10H,5-6H2,1-3H3,(H,17,18,20). The first-order valence-corrected chi connectivity index (χ1v) is 6.27. The second kappa shape index (κ2) is 6.17. The molecule has 0 unspecified atom stereocenters. The molecule has 0 aliphatic rings. The topological polar surface area (TPSA) is 37.9 Å². The summed E-state index contributed by atoms with van der Waals surface area (Å²) in [5.41, 5.74) is 0.523. The molecule has 0 atom stereocenters. The number of nitrogens with one attached hydrogen (secondary N) is 1. The molecule has 1 rings (SSSR count). The van der Waals surface area contributed by atoms with E-state index in [1.807, 2.05) is 20.8 Å². The van der Waals surface area contributed by atoms with E-state index in [0.717, 1.165) is 5.69 Å². The number of hydrogen-bond donors (Lipinski definition) is 1. The lowest BCUT2D eigenvalue weighted by molar-refractivity contribution is -0.168. The Labute approximate surface area is 119 Å². The number of H-pyrrole nitrogens is 1. The maximum Gasteiger partial charge on any atom is 0.330 e. The minimum Gasteiger partial charge on any atom is -0.367 e. The molecule has 114 valence electrons. The maximum absolute atomic E-state index is 12.7. The van der Waals surface area contributed by atoms with Crippen molar-refractivity contribution in [3.05, 3.63) is 22.2 Å². The molecule has 0 bridgehead atoms. The summed E-state index contributed by atoms with van der Waals surface area (Å²) in [6, 6.07) is 1.66. The SMILES string of the molecule is CC(C)(C)c1cc(=S)nc(COCC(F)(F)C(F)F)[nH]1. The average molecular weight is 312 g/mol. The average Bonchev–Trinajstić information content (AvgIpc) is 2.26. The fourth-order valence-electron chi connectivity index (χ4n) is 1.33. The Hall–Kier alpha value is -1.02. The van der Waals surface area contributed by atoms with Crippen LogP contribution in [-0.2, 0) is 16.8 Å². The predicted octanol–water partition coefficient (Wildman–Crippen LogP) is 3.85. The summed E-state index contributed by atoms with van der Waals surface area (Å²) in [4.78, 5) is 6.82. The minimum absolute atomic E-state index is 0.229. The van der Waals surface area contributed by atoms with Crippen LogP contribution < -0.4 is 0 Å². The van der Waals surface area contributed by atoms with Gasteiger partial charge in [0.25, 0.3) is 0 Å². The van der Waals surface area contributed by atoms with E-state index in [0.29, 0.717) is 0 Å². The molecule has 0 radical (unpaired) electrons. The number of rotatable bonds is 5. The molecule has 0 aliphatic heterocycles. The zero-order valence-electron chi connectivity index (χ0n) is 11.3. The normalized spacial score (nSPS) is 13.0. The third-order valence-corrected chi connectivity index (χ3v) is 2.66. The van der Waals surface area contributed by atoms with Gasteiger partial charge in [0.15, 0.2) is 0 Å². The highest BCUT2D eigenvalue weighted by molar-refractivity contribution is 7.71. The van der Waals surface area contributed by atoms with Gasteiger partial charge >= 0.3 is 12.3 Å². The van der Waals surface area contributed by atoms with Gasteiger partial charge in [-0.3, -0.25) is 0 Å². The summed E-state index contributed by atoms with van der Waals surface area (Å²) < 4.78 is 54.1. The summed E-state index contributed by atoms with van der Waals surface area (Å²) in [5, 5.41) is 0. The van der Waals surface area contributed by atoms with Crippen molar-refractivity contribution in [3.8, 4) is 0 Å². The Morgan fingerprint density at radius 2 is 1.95 bits per heavy atom. The van der Waals surface area contributed by atoms with Crippen molar-refractivity contribution in [1.29, 1.82) is 0 Å². The Kier molecular flexibility index (Phi) is 5.26. The van der Waals surface area contributed by atoms with E-state index in [-0.39, 0.29) is 22.5 Å². The highest BCUT2D eigenvalue weighted by Crippen LogP contribution is 2.23. The number of aromatic nitrogens is 2. The van der Waals surface area contributed by atoms with Crippen LogP contribution in [0.3, 0.4) is 0 Å². The van der Waals surface area contributed by atoms with E-state index in [4.69, 9.17) is 12.2 Å². The van der Waals surface area contributed by atoms with Crippen molar-refractivity contribution in [1.82, 2.24) is 9.97 Å². The van der Waals surface area contributed by atoms with Gasteiger partial charge in [0.1, 0.15) is 23.7 Å². The Bertz CT molecular complexity index is 511. The number of ether oxygens (including phenoxy) is 1. The highest BCUT2D eigenvalue weighted by Gasteiger charge is 2.41. The van der Waals surface area contributed by atoms with E-state index >= 15 is 0 Å². The van der Waals surface area contributed by atoms with Gasteiger partial charge in [-0.15, -0.1) is 0 Å². The number of aromatic amines is 1. The van der Waals surface area contributed by atoms with E-state index in [1.165, 1.54) is 0 Å². The van der Waals surface area contributed by atoms with E-state index in [2.05, 4.69) is 14.7 Å². The van der Waals surface area contributed by atoms with Crippen LogP contribution in [0.1, 0.15) is 32.3 Å². The van der Waals surface area contributed by atoms with Crippen molar-refractivity contribution < 1.29 is 22.3 Å². The second-order valence-corrected chi connectivity index (χ2v) is 5.80. The van der Waals surface area contributed by atoms with Gasteiger partial charge in [-0.1, -0.05) is 33.0 Å². The molecule has 1 aromatic rings. The fourth-order valence-corrected chi connectivity index (χ4v) is 1.56. The molecular weight excluding hydrogens is 296 g/mol. The quantitative estimate of drug-likeness (QED) is 0.663. The Morgan fingerprint density at radius 1 is 1.35 bits per heavy atom. The first-order chi connectivity index (χ1) is 9.02. The smallest absolute Gasteiger partial charge is 0.330 e. The highest BCUT2D eigenvalue weighted by atomic mass is 32.1. The molecule has 0 aromatic carbocycles. The number of hydrogen-bond acceptors (Lipinski definition) is 3. The molecule has 0 saturated heterocycles. The molecule has 0 amide bonds. The van der Waals surface area contributed by atoms with Crippen LogP contribution in [0.25, 0.3) is 0 Å². The number of nitrogens with zero attached hydrogens (tertiary/aromatic N) is 1. The van der Waals surface area contributed by atoms with Crippen LogP contribution in [-0.4, -0.2) is 28.9 Å². The van der Waals surface area contributed by atoms with Crippen LogP contribution in [0.5, 0.6) is 0 Å². The molecule has 1 heterocycles. The van der Waals surface area contributed by atoms with Crippen molar-refractivity contribution in [2.45, 2.75) is 45.1 Å². The lowest BCUT2D eigenvalue weighted by Gasteiger charge is -2.20. The van der Waals surface area contributed by atoms with E-state index < -0.39 is 19.0 Å². The van der Waals surface area contributed by atoms with Crippen LogP contribution in [0.4, 0.5) is 17.6 Å². The summed E-state index contributed by atoms with van der Waals surface area (Å²) in [6.07, 6.45) is -3.75. The summed E-state index contributed by atoms with van der Waals surface area (Å²) in [5.74, 6) is -3.94. The van der Waals surface area contributed by atoms with Crippen molar-refractivity contribution in [2.75, 3.05) is 6.61 Å². The molecule has 1 N–H and O–H groups in total. The first-order valence-electron chi connectivity index (χ1n) is 5.87. The lowest BCUT2D eigenvalue weighted by Crippen LogP contribution is -2.32. The lowest BCUT2D eigenvalue weighted by atomic mass is 9.92. The molecule has 0 spiro atoms. The Morgan fingerprint density at radius 3 is 2.45 bits per heavy atom. The second-order valence-electron chi connectivity index (χ2n) is 5.38. The number of halogens is 4. The molecule has 0 aliphatic carbocycles. The van der Waals surface area contributed by atoms with Gasteiger partial charge in [0.2, 0.25) is 0 Å². The van der Waals surface area contributed by atoms with Gasteiger partial charge in [-0.05, 0) is 6.07 Å². The van der Waals surface area contributed by atoms with Crippen LogP contribution in [0.15, 0.2) is 6.07 Å². The van der Waals surface area contributed by atoms with Gasteiger partial charge in [0, 0.05) is 11.1 Å². The molecule has 8 heteroatoms. The van der Waals surface area contributed by atoms with E-state index in [9.17, 15) is 17.6 Å². The maximum atomic E-state index is 12.7. The van der Waals surface area contributed by atoms with Crippen LogP contribution in [0, 0.1) is 4.64 Å². The molecule has 3 nitrogen and oxygen atoms in total. The summed E-state index contributed by atoms with van der Waals surface area (Å²) >= 11 is 4.97. The fraction of sp³-hybridized carbons (Fsp3) is 0.667. The monoisotopic (exact) mass is 312 g/mol. The third-order valence-electron chi connectivity index (χ3n) is 2.45. The Balaban J connectivity index is 2.75. The molecule has 1 aromatic heterocycles. The van der Waals surface area contributed by atoms with Crippen molar-refractivity contribution in [2.24, 2.45) is 0 Å².